The van der Waals surface area contributed by atoms with E-state index < -0.39 is 17.7 Å². The molecular weight excluding hydrogens is 497 g/mol. The lowest BCUT2D eigenvalue weighted by atomic mass is 10.0. The summed E-state index contributed by atoms with van der Waals surface area (Å²) in [5, 5.41) is 8.91. The summed E-state index contributed by atoms with van der Waals surface area (Å²) in [7, 11) is 1.45. The molecule has 4 rings (SSSR count). The average Bonchev–Trinajstić information content (AvgIpc) is 2.88. The van der Waals surface area contributed by atoms with Gasteiger partial charge in [-0.1, -0.05) is 30.3 Å². The minimum absolute atomic E-state index is 0.0429. The molecule has 0 atom stereocenters. The van der Waals surface area contributed by atoms with Gasteiger partial charge in [0.2, 0.25) is 0 Å². The molecule has 38 heavy (non-hydrogen) atoms. The van der Waals surface area contributed by atoms with E-state index in [0.717, 1.165) is 23.3 Å². The van der Waals surface area contributed by atoms with Gasteiger partial charge in [0.05, 0.1) is 12.7 Å². The number of carboxylic acids is 1. The highest BCUT2D eigenvalue weighted by atomic mass is 19.4. The molecular formula is C30H25F3O5. The second kappa shape index (κ2) is 11.3. The number of hydrogen-bond acceptors (Lipinski definition) is 4. The van der Waals surface area contributed by atoms with E-state index in [9.17, 15) is 18.0 Å². The van der Waals surface area contributed by atoms with Crippen molar-refractivity contribution in [2.24, 2.45) is 0 Å². The van der Waals surface area contributed by atoms with Crippen LogP contribution in [0.15, 0.2) is 84.9 Å². The Morgan fingerprint density at radius 1 is 0.789 bits per heavy atom. The molecule has 0 amide bonds. The van der Waals surface area contributed by atoms with Crippen LogP contribution in [0.25, 0.3) is 11.1 Å². The molecule has 0 saturated carbocycles. The third kappa shape index (κ3) is 6.45. The van der Waals surface area contributed by atoms with Crippen LogP contribution in [-0.4, -0.2) is 18.2 Å². The van der Waals surface area contributed by atoms with Crippen molar-refractivity contribution in [3.05, 3.63) is 102 Å². The van der Waals surface area contributed by atoms with Gasteiger partial charge < -0.3 is 19.3 Å². The maximum absolute atomic E-state index is 13.5. The lowest BCUT2D eigenvalue weighted by Gasteiger charge is -2.17. The lowest BCUT2D eigenvalue weighted by Crippen LogP contribution is -2.05. The zero-order valence-electron chi connectivity index (χ0n) is 20.7. The third-order valence-electron chi connectivity index (χ3n) is 5.90. The van der Waals surface area contributed by atoms with Crippen LogP contribution in [0.2, 0.25) is 0 Å². The first kappa shape index (κ1) is 26.6. The van der Waals surface area contributed by atoms with Gasteiger partial charge >= 0.3 is 12.1 Å². The molecule has 4 aromatic rings. The first-order valence-electron chi connectivity index (χ1n) is 11.8. The van der Waals surface area contributed by atoms with Crippen LogP contribution in [0.4, 0.5) is 13.2 Å². The minimum Gasteiger partial charge on any atom is -0.496 e. The number of benzene rings is 4. The van der Waals surface area contributed by atoms with Gasteiger partial charge in [0.15, 0.2) is 0 Å². The summed E-state index contributed by atoms with van der Waals surface area (Å²) >= 11 is 0. The normalized spacial score (nSPS) is 11.2. The molecule has 0 radical (unpaired) electrons. The second-order valence-electron chi connectivity index (χ2n) is 8.57. The number of aliphatic carboxylic acids is 1. The zero-order valence-corrected chi connectivity index (χ0v) is 20.7. The van der Waals surface area contributed by atoms with Crippen molar-refractivity contribution in [2.45, 2.75) is 25.9 Å². The van der Waals surface area contributed by atoms with E-state index in [0.29, 0.717) is 35.0 Å². The molecule has 0 bridgehead atoms. The van der Waals surface area contributed by atoms with Gasteiger partial charge in [-0.3, -0.25) is 4.79 Å². The summed E-state index contributed by atoms with van der Waals surface area (Å²) in [6, 6.07) is 22.3. The van der Waals surface area contributed by atoms with Crippen LogP contribution in [0.5, 0.6) is 28.7 Å². The number of para-hydroxylation sites is 1. The van der Waals surface area contributed by atoms with Gasteiger partial charge in [0, 0.05) is 23.6 Å². The smallest absolute Gasteiger partial charge is 0.416 e. The SMILES string of the molecule is COc1ccccc1-c1cc(C(F)(F)F)ccc1Oc1cccc(Oc2ccc(CCC(=O)O)c(C)c2)c1. The molecule has 8 heteroatoms. The molecule has 0 heterocycles. The van der Waals surface area contributed by atoms with Crippen LogP contribution < -0.4 is 14.2 Å². The van der Waals surface area contributed by atoms with E-state index in [2.05, 4.69) is 0 Å². The number of carbonyl (C=O) groups is 1. The first-order chi connectivity index (χ1) is 18.1. The number of alkyl halides is 3. The molecule has 0 aromatic heterocycles. The quantitative estimate of drug-likeness (QED) is 0.240. The molecule has 0 spiro atoms. The van der Waals surface area contributed by atoms with E-state index in [4.69, 9.17) is 19.3 Å². The number of halogens is 3. The predicted octanol–water partition coefficient (Wildman–Crippen LogP) is 8.29. The van der Waals surface area contributed by atoms with Crippen LogP contribution in [0, 0.1) is 6.92 Å². The Balaban J connectivity index is 1.61. The lowest BCUT2D eigenvalue weighted by molar-refractivity contribution is -0.138. The number of ether oxygens (including phenoxy) is 3. The molecule has 0 aliphatic rings. The molecule has 196 valence electrons. The summed E-state index contributed by atoms with van der Waals surface area (Å²) in [4.78, 5) is 10.9. The largest absolute Gasteiger partial charge is 0.496 e. The predicted molar refractivity (Wildman–Crippen MR) is 137 cm³/mol. The highest BCUT2D eigenvalue weighted by molar-refractivity contribution is 5.77. The van der Waals surface area contributed by atoms with Gasteiger partial charge in [-0.15, -0.1) is 0 Å². The monoisotopic (exact) mass is 522 g/mol. The van der Waals surface area contributed by atoms with Crippen molar-refractivity contribution in [3.63, 3.8) is 0 Å². The van der Waals surface area contributed by atoms with Crippen molar-refractivity contribution in [1.29, 1.82) is 0 Å². The van der Waals surface area contributed by atoms with Crippen LogP contribution in [0.1, 0.15) is 23.1 Å². The zero-order chi connectivity index (χ0) is 27.3. The highest BCUT2D eigenvalue weighted by Gasteiger charge is 2.31. The van der Waals surface area contributed by atoms with Crippen molar-refractivity contribution >= 4 is 5.97 Å². The maximum Gasteiger partial charge on any atom is 0.416 e. The van der Waals surface area contributed by atoms with Gasteiger partial charge in [0.1, 0.15) is 28.7 Å². The molecule has 0 aliphatic carbocycles. The molecule has 1 N–H and O–H groups in total. The Labute approximate surface area is 218 Å². The van der Waals surface area contributed by atoms with E-state index in [1.165, 1.54) is 13.2 Å². The third-order valence-corrected chi connectivity index (χ3v) is 5.90. The van der Waals surface area contributed by atoms with Gasteiger partial charge in [0.25, 0.3) is 0 Å². The molecule has 0 unspecified atom stereocenters. The fourth-order valence-corrected chi connectivity index (χ4v) is 3.99. The van der Waals surface area contributed by atoms with Crippen molar-refractivity contribution in [2.75, 3.05) is 7.11 Å². The van der Waals surface area contributed by atoms with Gasteiger partial charge in [-0.05, 0) is 73.0 Å². The fourth-order valence-electron chi connectivity index (χ4n) is 3.99. The van der Waals surface area contributed by atoms with Gasteiger partial charge in [-0.25, -0.2) is 0 Å². The standard InChI is InChI=1S/C30H25F3O5/c1-19-16-24(13-10-20(19)11-15-29(34)35)37-22-6-5-7-23(18-22)38-28-14-12-21(30(31,32)33)17-26(28)25-8-3-4-9-27(25)36-2/h3-10,12-14,16-18H,11,15H2,1-2H3,(H,34,35). The molecule has 4 aromatic carbocycles. The minimum atomic E-state index is -4.52. The molecule has 0 fully saturated rings. The maximum atomic E-state index is 13.5. The molecule has 0 saturated heterocycles. The van der Waals surface area contributed by atoms with Crippen LogP contribution in [0.3, 0.4) is 0 Å². The Morgan fingerprint density at radius 3 is 2.18 bits per heavy atom. The Hall–Kier alpha value is -4.46. The summed E-state index contributed by atoms with van der Waals surface area (Å²) in [6.45, 7) is 1.88. The second-order valence-corrected chi connectivity index (χ2v) is 8.57. The summed E-state index contributed by atoms with van der Waals surface area (Å²) in [5.74, 6) is 1.17. The Kier molecular flexibility index (Phi) is 7.90. The van der Waals surface area contributed by atoms with E-state index >= 15 is 0 Å². The van der Waals surface area contributed by atoms with Crippen molar-refractivity contribution in [3.8, 4) is 39.9 Å². The van der Waals surface area contributed by atoms with Crippen LogP contribution in [-0.2, 0) is 17.4 Å². The Bertz CT molecular complexity index is 1450. The van der Waals surface area contributed by atoms with E-state index in [1.807, 2.05) is 19.1 Å². The number of methoxy groups -OCH3 is 1. The number of hydrogen-bond donors (Lipinski definition) is 1. The topological polar surface area (TPSA) is 65.0 Å². The van der Waals surface area contributed by atoms with E-state index in [-0.39, 0.29) is 17.7 Å². The number of carboxylic acid groups (broad SMARTS) is 1. The van der Waals surface area contributed by atoms with Crippen LogP contribution >= 0.6 is 0 Å². The number of rotatable bonds is 9. The summed E-state index contributed by atoms with van der Waals surface area (Å²) in [5.41, 5.74) is 1.72. The van der Waals surface area contributed by atoms with Gasteiger partial charge in [-0.2, -0.15) is 13.2 Å². The number of aryl methyl sites for hydroxylation is 2. The van der Waals surface area contributed by atoms with E-state index in [1.54, 1.807) is 54.6 Å². The van der Waals surface area contributed by atoms with Crippen molar-refractivity contribution < 1.29 is 37.3 Å². The summed E-state index contributed by atoms with van der Waals surface area (Å²) in [6.07, 6.45) is -4.06. The van der Waals surface area contributed by atoms with Crippen molar-refractivity contribution in [1.82, 2.24) is 0 Å². The average molecular weight is 523 g/mol. The fraction of sp³-hybridized carbons (Fsp3) is 0.167. The molecule has 5 nitrogen and oxygen atoms in total. The molecule has 0 aliphatic heterocycles. The summed E-state index contributed by atoms with van der Waals surface area (Å²) < 4.78 is 57.9. The Morgan fingerprint density at radius 2 is 1.50 bits per heavy atom. The highest BCUT2D eigenvalue weighted by Crippen LogP contribution is 2.42. The first-order valence-corrected chi connectivity index (χ1v) is 11.8.